The largest absolute Gasteiger partial charge is 0.344 e. The van der Waals surface area contributed by atoms with Crippen molar-refractivity contribution in [3.8, 4) is 0 Å². The number of rotatable bonds is 4. The molecule has 2 aromatic rings. The van der Waals surface area contributed by atoms with E-state index >= 15 is 0 Å². The first-order chi connectivity index (χ1) is 11.7. The van der Waals surface area contributed by atoms with Crippen LogP contribution in [-0.4, -0.2) is 31.9 Å². The van der Waals surface area contributed by atoms with Gasteiger partial charge in [-0.3, -0.25) is 9.11 Å². The standard InChI is InChI=1S/C19H25N3OS/c1-24(23)15-10-8-14(9-11-15)13-22-12-4-7-18(22)19-20-16-5-2-3-6-17(16)21-19/h8-11,18H,2-7,12-13H2,1H3,(H,20,21)/t18-,24+/m0/s1. The van der Waals surface area contributed by atoms with Crippen LogP contribution in [0.2, 0.25) is 0 Å². The third kappa shape index (κ3) is 3.20. The molecule has 5 heteroatoms. The van der Waals surface area contributed by atoms with Gasteiger partial charge in [-0.2, -0.15) is 0 Å². The van der Waals surface area contributed by atoms with Gasteiger partial charge in [-0.15, -0.1) is 0 Å². The van der Waals surface area contributed by atoms with Gasteiger partial charge in [0, 0.05) is 34.2 Å². The van der Waals surface area contributed by atoms with Crippen molar-refractivity contribution in [1.82, 2.24) is 14.9 Å². The van der Waals surface area contributed by atoms with Crippen molar-refractivity contribution in [1.29, 1.82) is 0 Å². The van der Waals surface area contributed by atoms with Crippen molar-refractivity contribution in [2.45, 2.75) is 56.0 Å². The van der Waals surface area contributed by atoms with Crippen LogP contribution in [0.15, 0.2) is 29.2 Å². The fourth-order valence-electron chi connectivity index (χ4n) is 3.98. The van der Waals surface area contributed by atoms with Crippen molar-refractivity contribution in [3.63, 3.8) is 0 Å². The average Bonchev–Trinajstić information content (AvgIpc) is 3.21. The Bertz CT molecular complexity index is 714. The average molecular weight is 343 g/mol. The third-order valence-electron chi connectivity index (χ3n) is 5.29. The summed E-state index contributed by atoms with van der Waals surface area (Å²) >= 11 is 0. The Balaban J connectivity index is 1.50. The number of likely N-dealkylation sites (tertiary alicyclic amines) is 1. The van der Waals surface area contributed by atoms with Gasteiger partial charge in [0.05, 0.1) is 11.7 Å². The van der Waals surface area contributed by atoms with Gasteiger partial charge in [0.15, 0.2) is 0 Å². The van der Waals surface area contributed by atoms with Crippen molar-refractivity contribution >= 4 is 10.8 Å². The van der Waals surface area contributed by atoms with Crippen molar-refractivity contribution in [3.05, 3.63) is 47.0 Å². The van der Waals surface area contributed by atoms with Gasteiger partial charge in [0.1, 0.15) is 5.82 Å². The summed E-state index contributed by atoms with van der Waals surface area (Å²) in [7, 11) is -0.903. The highest BCUT2D eigenvalue weighted by atomic mass is 32.2. The maximum absolute atomic E-state index is 11.5. The van der Waals surface area contributed by atoms with E-state index in [4.69, 9.17) is 4.98 Å². The van der Waals surface area contributed by atoms with Gasteiger partial charge in [-0.05, 0) is 62.8 Å². The number of hydrogen-bond donors (Lipinski definition) is 1. The lowest BCUT2D eigenvalue weighted by Crippen LogP contribution is -2.23. The van der Waals surface area contributed by atoms with Crippen LogP contribution in [0.5, 0.6) is 0 Å². The summed E-state index contributed by atoms with van der Waals surface area (Å²) < 4.78 is 11.5. The Morgan fingerprint density at radius 2 is 2.00 bits per heavy atom. The molecule has 0 bridgehead atoms. The summed E-state index contributed by atoms with van der Waals surface area (Å²) in [6, 6.07) is 8.61. The first kappa shape index (κ1) is 16.0. The molecule has 4 rings (SSSR count). The fourth-order valence-corrected chi connectivity index (χ4v) is 4.50. The molecule has 24 heavy (non-hydrogen) atoms. The van der Waals surface area contributed by atoms with Gasteiger partial charge in [0.2, 0.25) is 0 Å². The molecule has 1 fully saturated rings. The molecule has 0 radical (unpaired) electrons. The van der Waals surface area contributed by atoms with E-state index in [2.05, 4.69) is 22.0 Å². The van der Waals surface area contributed by atoms with E-state index in [1.165, 1.54) is 48.5 Å². The summed E-state index contributed by atoms with van der Waals surface area (Å²) in [5.41, 5.74) is 3.96. The van der Waals surface area contributed by atoms with Gasteiger partial charge in [-0.25, -0.2) is 4.98 Å². The molecule has 0 saturated carbocycles. The molecule has 1 aromatic heterocycles. The second-order valence-electron chi connectivity index (χ2n) is 6.98. The SMILES string of the molecule is C[S@@](=O)c1ccc(CN2CCC[C@H]2c2nc3c([nH]2)CCCC3)cc1. The van der Waals surface area contributed by atoms with Crippen LogP contribution >= 0.6 is 0 Å². The normalized spacial score (nSPS) is 22.5. The summed E-state index contributed by atoms with van der Waals surface area (Å²) in [5, 5.41) is 0. The highest BCUT2D eigenvalue weighted by Crippen LogP contribution is 2.33. The monoisotopic (exact) mass is 343 g/mol. The van der Waals surface area contributed by atoms with E-state index < -0.39 is 10.8 Å². The molecule has 0 unspecified atom stereocenters. The Kier molecular flexibility index (Phi) is 4.55. The van der Waals surface area contributed by atoms with Crippen LogP contribution < -0.4 is 0 Å². The van der Waals surface area contributed by atoms with Crippen molar-refractivity contribution < 1.29 is 4.21 Å². The van der Waals surface area contributed by atoms with Gasteiger partial charge >= 0.3 is 0 Å². The minimum atomic E-state index is -0.903. The van der Waals surface area contributed by atoms with E-state index in [-0.39, 0.29) is 0 Å². The van der Waals surface area contributed by atoms with Gasteiger partial charge in [-0.1, -0.05) is 12.1 Å². The minimum absolute atomic E-state index is 0.413. The van der Waals surface area contributed by atoms with Gasteiger partial charge < -0.3 is 4.98 Å². The molecular weight excluding hydrogens is 318 g/mol. The van der Waals surface area contributed by atoms with E-state index in [9.17, 15) is 4.21 Å². The quantitative estimate of drug-likeness (QED) is 0.926. The van der Waals surface area contributed by atoms with Crippen LogP contribution in [-0.2, 0) is 30.2 Å². The zero-order valence-electron chi connectivity index (χ0n) is 14.3. The third-order valence-corrected chi connectivity index (χ3v) is 6.23. The predicted octanol–water partition coefficient (Wildman–Crippen LogP) is 3.36. The Hall–Kier alpha value is -1.46. The highest BCUT2D eigenvalue weighted by Gasteiger charge is 2.29. The molecule has 1 N–H and O–H groups in total. The van der Waals surface area contributed by atoms with Gasteiger partial charge in [0.25, 0.3) is 0 Å². The predicted molar refractivity (Wildman–Crippen MR) is 96.4 cm³/mol. The molecule has 1 aliphatic heterocycles. The van der Waals surface area contributed by atoms with Crippen molar-refractivity contribution in [2.24, 2.45) is 0 Å². The molecule has 2 aliphatic rings. The number of hydrogen-bond acceptors (Lipinski definition) is 3. The van der Waals surface area contributed by atoms with E-state index in [0.717, 1.165) is 30.8 Å². The topological polar surface area (TPSA) is 49.0 Å². The molecule has 2 atom stereocenters. The van der Waals surface area contributed by atoms with E-state index in [0.29, 0.717) is 6.04 Å². The number of benzene rings is 1. The highest BCUT2D eigenvalue weighted by molar-refractivity contribution is 7.84. The lowest BCUT2D eigenvalue weighted by Gasteiger charge is -2.23. The Morgan fingerprint density at radius 1 is 1.21 bits per heavy atom. The van der Waals surface area contributed by atoms with Crippen LogP contribution in [0.25, 0.3) is 0 Å². The summed E-state index contributed by atoms with van der Waals surface area (Å²) in [4.78, 5) is 12.0. The zero-order chi connectivity index (χ0) is 16.5. The first-order valence-electron chi connectivity index (χ1n) is 8.95. The Labute approximate surface area is 146 Å². The number of nitrogens with zero attached hydrogens (tertiary/aromatic N) is 2. The minimum Gasteiger partial charge on any atom is -0.344 e. The summed E-state index contributed by atoms with van der Waals surface area (Å²) in [5.74, 6) is 1.17. The van der Waals surface area contributed by atoms with Crippen LogP contribution in [0.4, 0.5) is 0 Å². The number of aromatic amines is 1. The number of H-pyrrole nitrogens is 1. The smallest absolute Gasteiger partial charge is 0.124 e. The number of imidazole rings is 1. The van der Waals surface area contributed by atoms with E-state index in [1.807, 2.05) is 12.1 Å². The molecule has 4 nitrogen and oxygen atoms in total. The van der Waals surface area contributed by atoms with Crippen molar-refractivity contribution in [2.75, 3.05) is 12.8 Å². The molecule has 2 heterocycles. The zero-order valence-corrected chi connectivity index (χ0v) is 15.1. The maximum atomic E-state index is 11.5. The second kappa shape index (κ2) is 6.81. The lowest BCUT2D eigenvalue weighted by molar-refractivity contribution is 0.240. The molecule has 128 valence electrons. The summed E-state index contributed by atoms with van der Waals surface area (Å²) in [6.45, 7) is 2.06. The molecule has 0 amide bonds. The van der Waals surface area contributed by atoms with E-state index in [1.54, 1.807) is 6.26 Å². The Morgan fingerprint density at radius 3 is 2.75 bits per heavy atom. The molecule has 1 aromatic carbocycles. The second-order valence-corrected chi connectivity index (χ2v) is 8.36. The molecular formula is C19H25N3OS. The van der Waals surface area contributed by atoms with Crippen LogP contribution in [0.3, 0.4) is 0 Å². The maximum Gasteiger partial charge on any atom is 0.124 e. The number of fused-ring (bicyclic) bond motifs is 1. The number of aromatic nitrogens is 2. The number of aryl methyl sites for hydroxylation is 2. The molecule has 1 saturated heterocycles. The van der Waals surface area contributed by atoms with Crippen LogP contribution in [0.1, 0.15) is 54.5 Å². The summed E-state index contributed by atoms with van der Waals surface area (Å²) in [6.07, 6.45) is 8.99. The number of nitrogens with one attached hydrogen (secondary N) is 1. The molecule has 0 spiro atoms. The fraction of sp³-hybridized carbons (Fsp3) is 0.526. The lowest BCUT2D eigenvalue weighted by atomic mass is 10.0. The van der Waals surface area contributed by atoms with Crippen LogP contribution in [0, 0.1) is 0 Å². The molecule has 1 aliphatic carbocycles. The first-order valence-corrected chi connectivity index (χ1v) is 10.5.